The Kier molecular flexibility index (Phi) is 8.18. The highest BCUT2D eigenvalue weighted by Crippen LogP contribution is 2.17. The number of hydrogen-bond acceptors (Lipinski definition) is 5. The molecule has 0 unspecified atom stereocenters. The maximum Gasteiger partial charge on any atom is 0.302 e. The third-order valence-electron chi connectivity index (χ3n) is 3.87. The lowest BCUT2D eigenvalue weighted by atomic mass is 9.73. The van der Waals surface area contributed by atoms with Crippen LogP contribution in [-0.2, 0) is 30.3 Å². The Hall–Kier alpha value is -2.31. The van der Waals surface area contributed by atoms with Gasteiger partial charge in [0.25, 0.3) is 0 Å². The van der Waals surface area contributed by atoms with E-state index < -0.39 is 17.5 Å². The molecule has 0 saturated heterocycles. The van der Waals surface area contributed by atoms with Crippen molar-refractivity contribution in [3.05, 3.63) is 29.8 Å². The maximum atomic E-state index is 11.7. The van der Waals surface area contributed by atoms with Crippen molar-refractivity contribution in [2.75, 3.05) is 13.2 Å². The van der Waals surface area contributed by atoms with Crippen molar-refractivity contribution in [3.63, 3.8) is 0 Å². The highest BCUT2D eigenvalue weighted by molar-refractivity contribution is 6.51. The van der Waals surface area contributed by atoms with Gasteiger partial charge in [0, 0.05) is 20.8 Å². The molecule has 7 heteroatoms. The molecule has 0 aliphatic heterocycles. The summed E-state index contributed by atoms with van der Waals surface area (Å²) in [6.07, 6.45) is 1.12. The van der Waals surface area contributed by atoms with E-state index in [9.17, 15) is 14.4 Å². The molecule has 0 aliphatic carbocycles. The minimum atomic E-state index is -0.952. The Bertz CT molecular complexity index is 582. The lowest BCUT2D eigenvalue weighted by Crippen LogP contribution is -2.55. The first-order valence-corrected chi connectivity index (χ1v) is 8.39. The molecule has 0 bridgehead atoms. The number of nitrogens with one attached hydrogen (secondary N) is 1. The number of hydrogen-bond donors (Lipinski definition) is 1. The first-order valence-electron chi connectivity index (χ1n) is 8.39. The van der Waals surface area contributed by atoms with E-state index in [1.54, 1.807) is 0 Å². The SMILES string of the molecule is CBc1ccc(CCC(COC(C)=O)(COC(C)=O)NC(C)=O)cc1. The lowest BCUT2D eigenvalue weighted by Gasteiger charge is -2.33. The smallest absolute Gasteiger partial charge is 0.302 e. The lowest BCUT2D eigenvalue weighted by molar-refractivity contribution is -0.150. The second-order valence-corrected chi connectivity index (χ2v) is 6.19. The van der Waals surface area contributed by atoms with Crippen LogP contribution in [0.5, 0.6) is 0 Å². The van der Waals surface area contributed by atoms with Crippen molar-refractivity contribution in [1.29, 1.82) is 0 Å². The molecule has 1 aromatic rings. The Labute approximate surface area is 149 Å². The van der Waals surface area contributed by atoms with Crippen LogP contribution in [0, 0.1) is 0 Å². The quantitative estimate of drug-likeness (QED) is 0.526. The Morgan fingerprint density at radius 3 is 1.92 bits per heavy atom. The fourth-order valence-electron chi connectivity index (χ4n) is 2.50. The van der Waals surface area contributed by atoms with Crippen LogP contribution in [-0.4, -0.2) is 43.9 Å². The number of aryl methyl sites for hydroxylation is 1. The molecule has 1 aromatic carbocycles. The molecular weight excluding hydrogens is 321 g/mol. The topological polar surface area (TPSA) is 81.7 Å². The number of amides is 1. The van der Waals surface area contributed by atoms with E-state index in [2.05, 4.69) is 24.3 Å². The van der Waals surface area contributed by atoms with Crippen LogP contribution in [0.3, 0.4) is 0 Å². The highest BCUT2D eigenvalue weighted by Gasteiger charge is 2.34. The molecule has 0 aromatic heterocycles. The first-order chi connectivity index (χ1) is 11.8. The summed E-state index contributed by atoms with van der Waals surface area (Å²) >= 11 is 0. The number of esters is 2. The van der Waals surface area contributed by atoms with Crippen molar-refractivity contribution >= 4 is 30.6 Å². The third-order valence-corrected chi connectivity index (χ3v) is 3.87. The van der Waals surface area contributed by atoms with Crippen molar-refractivity contribution in [3.8, 4) is 0 Å². The van der Waals surface area contributed by atoms with Crippen LogP contribution < -0.4 is 10.8 Å². The van der Waals surface area contributed by atoms with E-state index in [-0.39, 0.29) is 19.1 Å². The second kappa shape index (κ2) is 9.86. The Morgan fingerprint density at radius 1 is 1.00 bits per heavy atom. The molecule has 0 spiro atoms. The average molecular weight is 347 g/mol. The highest BCUT2D eigenvalue weighted by atomic mass is 16.5. The molecule has 1 amide bonds. The van der Waals surface area contributed by atoms with Gasteiger partial charge in [0.15, 0.2) is 7.28 Å². The first kappa shape index (κ1) is 20.7. The zero-order chi connectivity index (χ0) is 18.9. The van der Waals surface area contributed by atoms with E-state index in [4.69, 9.17) is 9.47 Å². The molecule has 0 atom stereocenters. The monoisotopic (exact) mass is 347 g/mol. The third kappa shape index (κ3) is 7.87. The number of ether oxygens (including phenoxy) is 2. The number of carbonyl (C=O) groups excluding carboxylic acids is 3. The number of rotatable bonds is 9. The van der Waals surface area contributed by atoms with E-state index in [0.717, 1.165) is 12.8 Å². The van der Waals surface area contributed by atoms with Crippen LogP contribution in [0.15, 0.2) is 24.3 Å². The molecule has 0 saturated carbocycles. The molecule has 0 radical (unpaired) electrons. The minimum Gasteiger partial charge on any atom is -0.463 e. The van der Waals surface area contributed by atoms with Gasteiger partial charge in [0.05, 0.1) is 0 Å². The van der Waals surface area contributed by atoms with Crippen LogP contribution in [0.25, 0.3) is 0 Å². The molecule has 0 aliphatic rings. The van der Waals surface area contributed by atoms with Crippen LogP contribution in [0.4, 0.5) is 0 Å². The normalized spacial score (nSPS) is 10.7. The fraction of sp³-hybridized carbons (Fsp3) is 0.500. The summed E-state index contributed by atoms with van der Waals surface area (Å²) in [6.45, 7) is 5.97. The predicted molar refractivity (Wildman–Crippen MR) is 97.2 cm³/mol. The molecule has 6 nitrogen and oxygen atoms in total. The van der Waals surface area contributed by atoms with E-state index in [1.165, 1.54) is 26.2 Å². The van der Waals surface area contributed by atoms with Crippen LogP contribution >= 0.6 is 0 Å². The summed E-state index contributed by atoms with van der Waals surface area (Å²) in [4.78, 5) is 34.1. The van der Waals surface area contributed by atoms with Gasteiger partial charge in [0.1, 0.15) is 18.8 Å². The van der Waals surface area contributed by atoms with Gasteiger partial charge < -0.3 is 14.8 Å². The Balaban J connectivity index is 2.92. The molecule has 1 N–H and O–H groups in total. The zero-order valence-corrected chi connectivity index (χ0v) is 15.4. The average Bonchev–Trinajstić information content (AvgIpc) is 2.56. The minimum absolute atomic E-state index is 0.0533. The zero-order valence-electron chi connectivity index (χ0n) is 15.4. The Morgan fingerprint density at radius 2 is 1.52 bits per heavy atom. The molecule has 0 fully saturated rings. The van der Waals surface area contributed by atoms with Gasteiger partial charge in [-0.15, -0.1) is 0 Å². The van der Waals surface area contributed by atoms with E-state index in [0.29, 0.717) is 12.8 Å². The van der Waals surface area contributed by atoms with Crippen molar-refractivity contribution < 1.29 is 23.9 Å². The standard InChI is InChI=1S/C18H26BNO5/c1-13(21)20-18(11-24-14(2)22,12-25-15(3)23)10-9-16-5-7-17(19-4)8-6-16/h5-8,19H,9-12H2,1-4H3,(H,20,21). The molecular formula is C18H26BNO5. The van der Waals surface area contributed by atoms with Gasteiger partial charge in [-0.05, 0) is 18.4 Å². The van der Waals surface area contributed by atoms with Gasteiger partial charge in [-0.3, -0.25) is 14.4 Å². The van der Waals surface area contributed by atoms with Crippen molar-refractivity contribution in [1.82, 2.24) is 5.32 Å². The number of carbonyl (C=O) groups is 3. The summed E-state index contributed by atoms with van der Waals surface area (Å²) in [5.41, 5.74) is 1.39. The summed E-state index contributed by atoms with van der Waals surface area (Å²) in [5, 5.41) is 2.80. The van der Waals surface area contributed by atoms with Crippen LogP contribution in [0.2, 0.25) is 6.82 Å². The fourth-order valence-corrected chi connectivity index (χ4v) is 2.50. The van der Waals surface area contributed by atoms with E-state index in [1.807, 2.05) is 12.1 Å². The summed E-state index contributed by atoms with van der Waals surface area (Å²) < 4.78 is 10.2. The molecule has 1 rings (SSSR count). The van der Waals surface area contributed by atoms with Gasteiger partial charge in [-0.1, -0.05) is 36.6 Å². The van der Waals surface area contributed by atoms with Gasteiger partial charge in [-0.25, -0.2) is 0 Å². The number of benzene rings is 1. The van der Waals surface area contributed by atoms with Gasteiger partial charge in [0.2, 0.25) is 5.91 Å². The van der Waals surface area contributed by atoms with Gasteiger partial charge in [-0.2, -0.15) is 0 Å². The summed E-state index contributed by atoms with van der Waals surface area (Å²) in [6, 6.07) is 8.20. The molecule has 25 heavy (non-hydrogen) atoms. The summed E-state index contributed by atoms with van der Waals surface area (Å²) in [5.74, 6) is -1.18. The van der Waals surface area contributed by atoms with Gasteiger partial charge >= 0.3 is 11.9 Å². The molecule has 0 heterocycles. The molecule has 136 valence electrons. The predicted octanol–water partition coefficient (Wildman–Crippen LogP) is 0.730. The van der Waals surface area contributed by atoms with Crippen molar-refractivity contribution in [2.24, 2.45) is 0 Å². The summed E-state index contributed by atoms with van der Waals surface area (Å²) in [7, 11) is 0.967. The van der Waals surface area contributed by atoms with Crippen molar-refractivity contribution in [2.45, 2.75) is 46.0 Å². The van der Waals surface area contributed by atoms with Crippen LogP contribution in [0.1, 0.15) is 32.8 Å². The van der Waals surface area contributed by atoms with E-state index >= 15 is 0 Å². The second-order valence-electron chi connectivity index (χ2n) is 6.19. The largest absolute Gasteiger partial charge is 0.463 e. The maximum absolute atomic E-state index is 11.7.